The minimum atomic E-state index is -0.111. The quantitative estimate of drug-likeness (QED) is 0.524. The second-order valence-electron chi connectivity index (χ2n) is 6.23. The number of aromatic nitrogens is 2. The van der Waals surface area contributed by atoms with Crippen molar-refractivity contribution in [1.29, 1.82) is 0 Å². The largest absolute Gasteiger partial charge is 0.326 e. The monoisotopic (exact) mass is 375 g/mol. The van der Waals surface area contributed by atoms with Crippen molar-refractivity contribution in [3.05, 3.63) is 77.4 Å². The molecule has 1 amide bonds. The van der Waals surface area contributed by atoms with Crippen molar-refractivity contribution in [3.63, 3.8) is 0 Å². The number of thiazole rings is 1. The minimum absolute atomic E-state index is 0.00266. The standard InChI is InChI=1S/C21H17N3O2S/c1-14(25)15-7-9-17(10-8-15)22-20(26)11-18-13-27-21-23-19(12-24(18)21)16-5-3-2-4-6-16/h2-10,12-13H,11H2,1H3,(H,22,26). The second kappa shape index (κ2) is 7.17. The predicted octanol–water partition coefficient (Wildman–Crippen LogP) is 4.45. The van der Waals surface area contributed by atoms with E-state index in [2.05, 4.69) is 10.3 Å². The predicted molar refractivity (Wildman–Crippen MR) is 107 cm³/mol. The lowest BCUT2D eigenvalue weighted by Gasteiger charge is -2.05. The van der Waals surface area contributed by atoms with Crippen LogP contribution in [0.5, 0.6) is 0 Å². The molecule has 4 rings (SSSR count). The number of imidazole rings is 1. The molecule has 0 bridgehead atoms. The van der Waals surface area contributed by atoms with E-state index in [1.807, 2.05) is 46.3 Å². The van der Waals surface area contributed by atoms with Gasteiger partial charge in [0.05, 0.1) is 12.1 Å². The van der Waals surface area contributed by atoms with E-state index >= 15 is 0 Å². The van der Waals surface area contributed by atoms with Crippen molar-refractivity contribution in [2.75, 3.05) is 5.32 Å². The van der Waals surface area contributed by atoms with E-state index in [0.717, 1.165) is 21.9 Å². The molecule has 0 saturated heterocycles. The van der Waals surface area contributed by atoms with Gasteiger partial charge in [-0.25, -0.2) is 4.98 Å². The van der Waals surface area contributed by atoms with Crippen LogP contribution in [-0.2, 0) is 11.2 Å². The van der Waals surface area contributed by atoms with Gasteiger partial charge in [0.25, 0.3) is 0 Å². The summed E-state index contributed by atoms with van der Waals surface area (Å²) in [4.78, 5) is 29.2. The van der Waals surface area contributed by atoms with Gasteiger partial charge in [-0.1, -0.05) is 30.3 Å². The number of nitrogens with zero attached hydrogens (tertiary/aromatic N) is 2. The molecule has 0 aliphatic carbocycles. The van der Waals surface area contributed by atoms with Gasteiger partial charge in [-0.15, -0.1) is 11.3 Å². The summed E-state index contributed by atoms with van der Waals surface area (Å²) in [6, 6.07) is 16.9. The lowest BCUT2D eigenvalue weighted by Crippen LogP contribution is -2.15. The normalized spacial score (nSPS) is 10.9. The van der Waals surface area contributed by atoms with Crippen molar-refractivity contribution >= 4 is 33.7 Å². The second-order valence-corrected chi connectivity index (χ2v) is 7.07. The van der Waals surface area contributed by atoms with Gasteiger partial charge in [-0.3, -0.25) is 14.0 Å². The highest BCUT2D eigenvalue weighted by atomic mass is 32.1. The van der Waals surface area contributed by atoms with E-state index in [1.165, 1.54) is 18.3 Å². The Balaban J connectivity index is 1.50. The van der Waals surface area contributed by atoms with Gasteiger partial charge in [0, 0.05) is 34.1 Å². The van der Waals surface area contributed by atoms with Crippen LogP contribution in [0.3, 0.4) is 0 Å². The number of Topliss-reactive ketones (excluding diaryl/α,β-unsaturated/α-hetero) is 1. The summed E-state index contributed by atoms with van der Waals surface area (Å²) in [7, 11) is 0. The van der Waals surface area contributed by atoms with Crippen molar-refractivity contribution in [2.24, 2.45) is 0 Å². The molecular formula is C21H17N3O2S. The van der Waals surface area contributed by atoms with E-state index in [1.54, 1.807) is 24.3 Å². The molecule has 2 heterocycles. The first kappa shape index (κ1) is 17.2. The maximum atomic E-state index is 12.4. The Kier molecular flexibility index (Phi) is 4.56. The molecule has 0 saturated carbocycles. The molecule has 5 nitrogen and oxygen atoms in total. The SMILES string of the molecule is CC(=O)c1ccc(NC(=O)Cc2csc3nc(-c4ccccc4)cn23)cc1. The number of ketones is 1. The van der Waals surface area contributed by atoms with Crippen LogP contribution in [-0.4, -0.2) is 21.1 Å². The summed E-state index contributed by atoms with van der Waals surface area (Å²) in [5.41, 5.74) is 4.13. The Bertz CT molecular complexity index is 1110. The molecule has 0 aliphatic rings. The van der Waals surface area contributed by atoms with Gasteiger partial charge in [0.1, 0.15) is 0 Å². The first-order valence-electron chi connectivity index (χ1n) is 8.52. The number of benzene rings is 2. The molecule has 27 heavy (non-hydrogen) atoms. The van der Waals surface area contributed by atoms with Crippen LogP contribution in [0.2, 0.25) is 0 Å². The zero-order valence-electron chi connectivity index (χ0n) is 14.7. The fourth-order valence-corrected chi connectivity index (χ4v) is 3.74. The molecule has 0 aliphatic heterocycles. The van der Waals surface area contributed by atoms with Crippen LogP contribution >= 0.6 is 11.3 Å². The molecule has 0 radical (unpaired) electrons. The highest BCUT2D eigenvalue weighted by Gasteiger charge is 2.13. The maximum Gasteiger partial charge on any atom is 0.230 e. The number of carbonyl (C=O) groups excluding carboxylic acids is 2. The molecule has 2 aromatic heterocycles. The third kappa shape index (κ3) is 3.66. The zero-order valence-corrected chi connectivity index (χ0v) is 15.5. The van der Waals surface area contributed by atoms with E-state index in [9.17, 15) is 9.59 Å². The summed E-state index contributed by atoms with van der Waals surface area (Å²) in [5, 5.41) is 4.82. The van der Waals surface area contributed by atoms with Crippen LogP contribution in [0.15, 0.2) is 66.2 Å². The number of rotatable bonds is 5. The highest BCUT2D eigenvalue weighted by molar-refractivity contribution is 7.15. The van der Waals surface area contributed by atoms with Crippen LogP contribution in [0.25, 0.3) is 16.2 Å². The van der Waals surface area contributed by atoms with Crippen molar-refractivity contribution in [1.82, 2.24) is 9.38 Å². The molecule has 0 spiro atoms. The maximum absolute atomic E-state index is 12.4. The van der Waals surface area contributed by atoms with E-state index in [0.29, 0.717) is 11.3 Å². The lowest BCUT2D eigenvalue weighted by molar-refractivity contribution is -0.115. The Morgan fingerprint density at radius 2 is 1.81 bits per heavy atom. The number of hydrogen-bond acceptors (Lipinski definition) is 4. The molecule has 0 atom stereocenters. The average molecular weight is 375 g/mol. The first-order chi connectivity index (χ1) is 13.1. The van der Waals surface area contributed by atoms with Gasteiger partial charge < -0.3 is 5.32 Å². The first-order valence-corrected chi connectivity index (χ1v) is 9.40. The van der Waals surface area contributed by atoms with Crippen molar-refractivity contribution in [3.8, 4) is 11.3 Å². The molecular weight excluding hydrogens is 358 g/mol. The molecule has 6 heteroatoms. The Labute approximate surface area is 160 Å². The number of anilines is 1. The number of carbonyl (C=O) groups is 2. The lowest BCUT2D eigenvalue weighted by atomic mass is 10.1. The van der Waals surface area contributed by atoms with Gasteiger partial charge in [-0.2, -0.15) is 0 Å². The third-order valence-electron chi connectivity index (χ3n) is 4.27. The molecule has 0 unspecified atom stereocenters. The molecule has 2 aromatic carbocycles. The van der Waals surface area contributed by atoms with Gasteiger partial charge >= 0.3 is 0 Å². The molecule has 4 aromatic rings. The Hall–Kier alpha value is -3.25. The highest BCUT2D eigenvalue weighted by Crippen LogP contribution is 2.24. The molecule has 1 N–H and O–H groups in total. The summed E-state index contributed by atoms with van der Waals surface area (Å²) in [6.45, 7) is 1.52. The van der Waals surface area contributed by atoms with Crippen LogP contribution in [0.4, 0.5) is 5.69 Å². The Morgan fingerprint density at radius 3 is 2.52 bits per heavy atom. The smallest absolute Gasteiger partial charge is 0.230 e. The van der Waals surface area contributed by atoms with Crippen LogP contribution < -0.4 is 5.32 Å². The molecule has 134 valence electrons. The van der Waals surface area contributed by atoms with Crippen molar-refractivity contribution in [2.45, 2.75) is 13.3 Å². The van der Waals surface area contributed by atoms with Gasteiger partial charge in [0.2, 0.25) is 5.91 Å². The fraction of sp³-hybridized carbons (Fsp3) is 0.0952. The summed E-state index contributed by atoms with van der Waals surface area (Å²) >= 11 is 1.52. The number of nitrogens with one attached hydrogen (secondary N) is 1. The van der Waals surface area contributed by atoms with E-state index in [-0.39, 0.29) is 18.1 Å². The summed E-state index contributed by atoms with van der Waals surface area (Å²) < 4.78 is 1.96. The Morgan fingerprint density at radius 1 is 1.07 bits per heavy atom. The van der Waals surface area contributed by atoms with Crippen molar-refractivity contribution < 1.29 is 9.59 Å². The topological polar surface area (TPSA) is 63.5 Å². The average Bonchev–Trinajstić information content (AvgIpc) is 3.25. The van der Waals surface area contributed by atoms with E-state index in [4.69, 9.17) is 0 Å². The number of hydrogen-bond donors (Lipinski definition) is 1. The van der Waals surface area contributed by atoms with Crippen LogP contribution in [0, 0.1) is 0 Å². The van der Waals surface area contributed by atoms with E-state index < -0.39 is 0 Å². The van der Waals surface area contributed by atoms with Gasteiger partial charge in [0.15, 0.2) is 10.7 Å². The fourth-order valence-electron chi connectivity index (χ4n) is 2.86. The van der Waals surface area contributed by atoms with Gasteiger partial charge in [-0.05, 0) is 31.2 Å². The van der Waals surface area contributed by atoms with Crippen LogP contribution in [0.1, 0.15) is 23.0 Å². The number of amides is 1. The third-order valence-corrected chi connectivity index (χ3v) is 5.16. The summed E-state index contributed by atoms with van der Waals surface area (Å²) in [5.74, 6) is -0.108. The molecule has 0 fully saturated rings. The number of fused-ring (bicyclic) bond motifs is 1. The zero-order chi connectivity index (χ0) is 18.8. The summed E-state index contributed by atoms with van der Waals surface area (Å²) in [6.07, 6.45) is 2.21. The minimum Gasteiger partial charge on any atom is -0.326 e.